The standard InChI is InChI=1S/C13H10S/c1-2-5-10(6-3-1)9-11-7-4-8-12-13(11)14-12/h1-6,8-9H,7H2. The Hall–Kier alpha value is -1.21. The predicted molar refractivity (Wildman–Crippen MR) is 62.8 cm³/mol. The predicted octanol–water partition coefficient (Wildman–Crippen LogP) is 3.99. The summed E-state index contributed by atoms with van der Waals surface area (Å²) in [5, 5.41) is 0. The molecule has 0 bridgehead atoms. The molecule has 1 aromatic rings. The molecule has 0 spiro atoms. The van der Waals surface area contributed by atoms with Gasteiger partial charge >= 0.3 is 0 Å². The van der Waals surface area contributed by atoms with Crippen LogP contribution < -0.4 is 0 Å². The molecule has 0 nitrogen and oxygen atoms in total. The third-order valence-corrected chi connectivity index (χ3v) is 3.48. The minimum Gasteiger partial charge on any atom is -0.0874 e. The maximum atomic E-state index is 2.29. The molecule has 0 N–H and O–H groups in total. The Kier molecular flexibility index (Phi) is 1.84. The summed E-state index contributed by atoms with van der Waals surface area (Å²) < 4.78 is 0. The molecule has 0 saturated carbocycles. The quantitative estimate of drug-likeness (QED) is 0.657. The lowest BCUT2D eigenvalue weighted by molar-refractivity contribution is 1.28. The lowest BCUT2D eigenvalue weighted by Crippen LogP contribution is -1.81. The zero-order chi connectivity index (χ0) is 9.38. The van der Waals surface area contributed by atoms with Crippen LogP contribution in [-0.2, 0) is 0 Å². The average Bonchev–Trinajstić information content (AvgIpc) is 2.99. The van der Waals surface area contributed by atoms with Gasteiger partial charge in [-0.1, -0.05) is 60.3 Å². The summed E-state index contributed by atoms with van der Waals surface area (Å²) in [5.74, 6) is 0. The summed E-state index contributed by atoms with van der Waals surface area (Å²) in [5.41, 5.74) is 2.77. The molecule has 0 atom stereocenters. The van der Waals surface area contributed by atoms with Crippen LogP contribution in [0.25, 0.3) is 6.08 Å². The van der Waals surface area contributed by atoms with Crippen LogP contribution in [0.5, 0.6) is 0 Å². The van der Waals surface area contributed by atoms with Gasteiger partial charge in [0.15, 0.2) is 0 Å². The van der Waals surface area contributed by atoms with E-state index in [-0.39, 0.29) is 0 Å². The van der Waals surface area contributed by atoms with Crippen LogP contribution in [0.15, 0.2) is 57.9 Å². The molecule has 0 saturated heterocycles. The fourth-order valence-electron chi connectivity index (χ4n) is 1.68. The first kappa shape index (κ1) is 8.13. The van der Waals surface area contributed by atoms with Gasteiger partial charge in [-0.15, -0.1) is 0 Å². The summed E-state index contributed by atoms with van der Waals surface area (Å²) in [4.78, 5) is 2.95. The molecule has 2 aliphatic rings. The second-order valence-electron chi connectivity index (χ2n) is 3.48. The van der Waals surface area contributed by atoms with Gasteiger partial charge < -0.3 is 0 Å². The maximum Gasteiger partial charge on any atom is 0.0297 e. The van der Waals surface area contributed by atoms with Crippen molar-refractivity contribution in [1.82, 2.24) is 0 Å². The van der Waals surface area contributed by atoms with Gasteiger partial charge in [0.2, 0.25) is 0 Å². The van der Waals surface area contributed by atoms with Gasteiger partial charge in [0.05, 0.1) is 0 Å². The summed E-state index contributed by atoms with van der Waals surface area (Å²) in [6.07, 6.45) is 7.84. The summed E-state index contributed by atoms with van der Waals surface area (Å²) >= 11 is 1.90. The Morgan fingerprint density at radius 2 is 2.00 bits per heavy atom. The van der Waals surface area contributed by atoms with Crippen LogP contribution in [0, 0.1) is 0 Å². The van der Waals surface area contributed by atoms with E-state index in [0.29, 0.717) is 0 Å². The van der Waals surface area contributed by atoms with E-state index in [1.807, 2.05) is 11.8 Å². The maximum absolute atomic E-state index is 2.29. The molecule has 14 heavy (non-hydrogen) atoms. The van der Waals surface area contributed by atoms with Gasteiger partial charge in [0.1, 0.15) is 0 Å². The van der Waals surface area contributed by atoms with E-state index in [2.05, 4.69) is 48.6 Å². The van der Waals surface area contributed by atoms with Crippen molar-refractivity contribution in [2.75, 3.05) is 0 Å². The summed E-state index contributed by atoms with van der Waals surface area (Å²) in [7, 11) is 0. The Labute approximate surface area is 88.0 Å². The highest BCUT2D eigenvalue weighted by atomic mass is 32.2. The van der Waals surface area contributed by atoms with E-state index in [0.717, 1.165) is 6.42 Å². The molecule has 3 rings (SSSR count). The lowest BCUT2D eigenvalue weighted by Gasteiger charge is -2.00. The molecule has 1 heterocycles. The molecule has 0 amide bonds. The second kappa shape index (κ2) is 3.18. The van der Waals surface area contributed by atoms with Gasteiger partial charge in [-0.2, -0.15) is 0 Å². The van der Waals surface area contributed by atoms with E-state index in [9.17, 15) is 0 Å². The summed E-state index contributed by atoms with van der Waals surface area (Å²) in [6.45, 7) is 0. The fourth-order valence-corrected chi connectivity index (χ4v) is 2.48. The Morgan fingerprint density at radius 1 is 1.14 bits per heavy atom. The van der Waals surface area contributed by atoms with Crippen molar-refractivity contribution in [2.24, 2.45) is 0 Å². The van der Waals surface area contributed by atoms with Crippen molar-refractivity contribution in [3.8, 4) is 0 Å². The van der Waals surface area contributed by atoms with Crippen LogP contribution in [0.3, 0.4) is 0 Å². The monoisotopic (exact) mass is 198 g/mol. The van der Waals surface area contributed by atoms with Crippen LogP contribution >= 0.6 is 11.8 Å². The topological polar surface area (TPSA) is 0 Å². The Morgan fingerprint density at radius 3 is 2.86 bits per heavy atom. The molecule has 1 aliphatic heterocycles. The molecule has 1 aromatic carbocycles. The normalized spacial score (nSPS) is 21.3. The van der Waals surface area contributed by atoms with Crippen molar-refractivity contribution in [2.45, 2.75) is 6.42 Å². The van der Waals surface area contributed by atoms with Crippen molar-refractivity contribution >= 4 is 17.8 Å². The number of hydrogen-bond donors (Lipinski definition) is 0. The average molecular weight is 198 g/mol. The van der Waals surface area contributed by atoms with Gasteiger partial charge in [-0.25, -0.2) is 0 Å². The van der Waals surface area contributed by atoms with E-state index in [1.54, 1.807) is 0 Å². The lowest BCUT2D eigenvalue weighted by atomic mass is 10.0. The van der Waals surface area contributed by atoms with Gasteiger partial charge in [-0.05, 0) is 17.6 Å². The number of thioether (sulfide) groups is 1. The van der Waals surface area contributed by atoms with Crippen LogP contribution in [-0.4, -0.2) is 0 Å². The highest BCUT2D eigenvalue weighted by Crippen LogP contribution is 2.54. The van der Waals surface area contributed by atoms with E-state index in [4.69, 9.17) is 0 Å². The first-order valence-electron chi connectivity index (χ1n) is 4.78. The molecule has 1 aliphatic carbocycles. The molecule has 68 valence electrons. The highest BCUT2D eigenvalue weighted by molar-refractivity contribution is 8.13. The SMILES string of the molecule is C1=CC2=C(S2)C(=Cc2ccccc2)C1. The van der Waals surface area contributed by atoms with Crippen LogP contribution in [0.1, 0.15) is 12.0 Å². The smallest absolute Gasteiger partial charge is 0.0297 e. The van der Waals surface area contributed by atoms with Crippen LogP contribution in [0.4, 0.5) is 0 Å². The number of allylic oxidation sites excluding steroid dienone is 3. The molecular weight excluding hydrogens is 188 g/mol. The highest BCUT2D eigenvalue weighted by Gasteiger charge is 2.26. The van der Waals surface area contributed by atoms with Crippen molar-refractivity contribution in [1.29, 1.82) is 0 Å². The van der Waals surface area contributed by atoms with E-state index in [1.165, 1.54) is 20.9 Å². The minimum atomic E-state index is 1.08. The molecule has 0 radical (unpaired) electrons. The summed E-state index contributed by atoms with van der Waals surface area (Å²) in [6, 6.07) is 10.5. The molecule has 0 fully saturated rings. The zero-order valence-electron chi connectivity index (χ0n) is 7.73. The first-order chi connectivity index (χ1) is 6.93. The first-order valence-corrected chi connectivity index (χ1v) is 5.60. The van der Waals surface area contributed by atoms with E-state index >= 15 is 0 Å². The third-order valence-electron chi connectivity index (χ3n) is 2.43. The van der Waals surface area contributed by atoms with Crippen LogP contribution in [0.2, 0.25) is 0 Å². The third kappa shape index (κ3) is 1.44. The minimum absolute atomic E-state index is 1.08. The van der Waals surface area contributed by atoms with Gasteiger partial charge in [-0.3, -0.25) is 0 Å². The molecular formula is C13H10S. The zero-order valence-corrected chi connectivity index (χ0v) is 8.55. The number of rotatable bonds is 1. The van der Waals surface area contributed by atoms with Gasteiger partial charge in [0, 0.05) is 9.81 Å². The molecule has 1 heteroatoms. The second-order valence-corrected chi connectivity index (χ2v) is 4.53. The largest absolute Gasteiger partial charge is 0.0874 e. The Balaban J connectivity index is 1.94. The fraction of sp³-hybridized carbons (Fsp3) is 0.0769. The van der Waals surface area contributed by atoms with Gasteiger partial charge in [0.25, 0.3) is 0 Å². The molecule has 0 aromatic heterocycles. The van der Waals surface area contributed by atoms with E-state index < -0.39 is 0 Å². The number of benzene rings is 1. The van der Waals surface area contributed by atoms with Crippen molar-refractivity contribution in [3.63, 3.8) is 0 Å². The van der Waals surface area contributed by atoms with Crippen molar-refractivity contribution in [3.05, 3.63) is 63.4 Å². The molecule has 0 unspecified atom stereocenters. The Bertz CT molecular complexity index is 449. The number of hydrogen-bond acceptors (Lipinski definition) is 1. The van der Waals surface area contributed by atoms with Crippen molar-refractivity contribution < 1.29 is 0 Å².